The minimum atomic E-state index is -6.10. The molecule has 0 saturated carbocycles. The van der Waals surface area contributed by atoms with Gasteiger partial charge in [-0.3, -0.25) is 14.4 Å². The van der Waals surface area contributed by atoms with Gasteiger partial charge in [-0.25, -0.2) is 9.69 Å². The minimum absolute atomic E-state index is 0.180. The molecule has 2 aliphatic rings. The van der Waals surface area contributed by atoms with Crippen molar-refractivity contribution in [2.24, 2.45) is 0 Å². The lowest BCUT2D eigenvalue weighted by Crippen LogP contribution is -2.55. The van der Waals surface area contributed by atoms with Crippen LogP contribution in [0.5, 0.6) is 0 Å². The van der Waals surface area contributed by atoms with Crippen LogP contribution in [0.1, 0.15) is 117 Å². The van der Waals surface area contributed by atoms with Gasteiger partial charge in [-0.15, -0.1) is 0 Å². The fourth-order valence-corrected chi connectivity index (χ4v) is 6.76. The Morgan fingerprint density at radius 1 is 0.714 bits per heavy atom. The summed E-state index contributed by atoms with van der Waals surface area (Å²) in [5.41, 5.74) is -11.1. The highest BCUT2D eigenvalue weighted by molar-refractivity contribution is 6.34. The molecule has 14 heteroatoms. The number of aliphatic hydroxyl groups is 1. The Labute approximate surface area is 276 Å². The van der Waals surface area contributed by atoms with Gasteiger partial charge in [0.2, 0.25) is 5.41 Å². The SMILES string of the molecule is Cc1c(N2C(=O)c3ccc(C(c4ccc5c(c4)C(=O)N(C(C)(C)C)[C@@H]5O)(C(F)(F)F)C(F)(F)F)cc3C2=O)cc(C(=O)O)cc1C(C)(C)C. The Balaban J connectivity index is 1.73. The monoisotopic (exact) mass is 690 g/mol. The number of carboxylic acid groups (broad SMARTS) is 1. The summed E-state index contributed by atoms with van der Waals surface area (Å²) in [4.78, 5) is 54.0. The van der Waals surface area contributed by atoms with Gasteiger partial charge >= 0.3 is 18.3 Å². The van der Waals surface area contributed by atoms with Gasteiger partial charge in [0.05, 0.1) is 22.4 Å². The largest absolute Gasteiger partial charge is 0.478 e. The van der Waals surface area contributed by atoms with Gasteiger partial charge in [0, 0.05) is 16.7 Å². The molecule has 3 amide bonds. The quantitative estimate of drug-likeness (QED) is 0.217. The summed E-state index contributed by atoms with van der Waals surface area (Å²) in [6.07, 6.45) is -13.8. The zero-order valence-electron chi connectivity index (χ0n) is 27.4. The Morgan fingerprint density at radius 3 is 1.71 bits per heavy atom. The number of carboxylic acids is 1. The number of rotatable bonds is 4. The average Bonchev–Trinajstić information content (AvgIpc) is 3.34. The van der Waals surface area contributed by atoms with Crippen molar-refractivity contribution in [1.82, 2.24) is 4.90 Å². The van der Waals surface area contributed by atoms with E-state index in [-0.39, 0.29) is 16.8 Å². The predicted octanol–water partition coefficient (Wildman–Crippen LogP) is 7.45. The van der Waals surface area contributed by atoms with Gasteiger partial charge in [0.25, 0.3) is 17.7 Å². The van der Waals surface area contributed by atoms with Gasteiger partial charge in [-0.05, 0) is 85.7 Å². The Kier molecular flexibility index (Phi) is 7.91. The molecule has 49 heavy (non-hydrogen) atoms. The Bertz CT molecular complexity index is 1940. The molecule has 3 aromatic carbocycles. The second-order valence-corrected chi connectivity index (χ2v) is 14.2. The van der Waals surface area contributed by atoms with Gasteiger partial charge in [0.15, 0.2) is 6.23 Å². The molecule has 1 atom stereocenters. The molecule has 0 aromatic heterocycles. The van der Waals surface area contributed by atoms with Crippen LogP contribution in [0.2, 0.25) is 0 Å². The molecular weight excluding hydrogens is 658 g/mol. The number of halogens is 6. The van der Waals surface area contributed by atoms with Crippen molar-refractivity contribution in [3.63, 3.8) is 0 Å². The summed E-state index contributed by atoms with van der Waals surface area (Å²) in [5.74, 6) is -4.69. The van der Waals surface area contributed by atoms with Crippen LogP contribution in [0.4, 0.5) is 32.0 Å². The van der Waals surface area contributed by atoms with Crippen LogP contribution in [-0.2, 0) is 10.8 Å². The third-order valence-electron chi connectivity index (χ3n) is 9.03. The van der Waals surface area contributed by atoms with E-state index in [1.807, 2.05) is 0 Å². The maximum absolute atomic E-state index is 15.1. The summed E-state index contributed by atoms with van der Waals surface area (Å²) < 4.78 is 90.9. The van der Waals surface area contributed by atoms with Crippen LogP contribution in [-0.4, -0.2) is 56.7 Å². The molecule has 5 rings (SSSR count). The van der Waals surface area contributed by atoms with Gasteiger partial charge in [-0.1, -0.05) is 39.0 Å². The molecule has 2 N–H and O–H groups in total. The first-order valence-corrected chi connectivity index (χ1v) is 15.0. The van der Waals surface area contributed by atoms with E-state index in [2.05, 4.69) is 0 Å². The highest BCUT2D eigenvalue weighted by Gasteiger charge is 2.73. The zero-order valence-corrected chi connectivity index (χ0v) is 27.4. The molecular formula is C35H32F6N2O6. The van der Waals surface area contributed by atoms with Crippen LogP contribution >= 0.6 is 0 Å². The molecule has 8 nitrogen and oxygen atoms in total. The second-order valence-electron chi connectivity index (χ2n) is 14.2. The van der Waals surface area contributed by atoms with Gasteiger partial charge in [-0.2, -0.15) is 26.3 Å². The summed E-state index contributed by atoms with van der Waals surface area (Å²) >= 11 is 0. The van der Waals surface area contributed by atoms with Gasteiger partial charge < -0.3 is 15.1 Å². The number of aliphatic hydroxyl groups excluding tert-OH is 1. The molecule has 3 aromatic rings. The molecule has 0 bridgehead atoms. The second kappa shape index (κ2) is 10.9. The molecule has 260 valence electrons. The number of nitrogens with zero attached hydrogens (tertiary/aromatic N) is 2. The summed E-state index contributed by atoms with van der Waals surface area (Å²) in [6, 6.07) is 5.74. The smallest absolute Gasteiger partial charge is 0.411 e. The maximum atomic E-state index is 15.1. The number of carbonyl (C=O) groups excluding carboxylic acids is 3. The standard InChI is InChI=1S/C35H32F6N2O6/c1-16-24(31(2,3)4)12-17(30(48)49)13-25(16)42-26(44)20-10-8-18(14-22(20)27(42)45)33(34(36,37)38,35(39,40)41)19-9-11-21-23(15-19)29(47)43(28(21)46)32(5,6)7/h8-15,28,46H,1-7H3,(H,48,49)/t28-/m1/s1. The topological polar surface area (TPSA) is 115 Å². The highest BCUT2D eigenvalue weighted by Crippen LogP contribution is 2.57. The number of fused-ring (bicyclic) bond motifs is 2. The summed E-state index contributed by atoms with van der Waals surface area (Å²) in [6.45, 7) is 11.4. The summed E-state index contributed by atoms with van der Waals surface area (Å²) in [7, 11) is 0. The predicted molar refractivity (Wildman–Crippen MR) is 165 cm³/mol. The lowest BCUT2D eigenvalue weighted by molar-refractivity contribution is -0.288. The van der Waals surface area contributed by atoms with Crippen molar-refractivity contribution in [3.8, 4) is 0 Å². The van der Waals surface area contributed by atoms with Crippen molar-refractivity contribution in [3.05, 3.63) is 98.6 Å². The lowest BCUT2D eigenvalue weighted by atomic mass is 9.71. The minimum Gasteiger partial charge on any atom is -0.478 e. The van der Waals surface area contributed by atoms with E-state index in [0.29, 0.717) is 46.4 Å². The third kappa shape index (κ3) is 5.18. The van der Waals surface area contributed by atoms with Crippen LogP contribution in [0, 0.1) is 6.92 Å². The first kappa shape index (κ1) is 35.6. The van der Waals surface area contributed by atoms with E-state index >= 15 is 26.3 Å². The van der Waals surface area contributed by atoms with Crippen LogP contribution in [0.15, 0.2) is 48.5 Å². The van der Waals surface area contributed by atoms with E-state index in [1.54, 1.807) is 20.8 Å². The fourth-order valence-electron chi connectivity index (χ4n) is 6.76. The van der Waals surface area contributed by atoms with E-state index in [9.17, 15) is 29.4 Å². The van der Waals surface area contributed by atoms with E-state index in [0.717, 1.165) is 17.0 Å². The number of amides is 3. The number of hydrogen-bond donors (Lipinski definition) is 2. The van der Waals surface area contributed by atoms with Crippen LogP contribution < -0.4 is 4.90 Å². The fraction of sp³-hybridized carbons (Fsp3) is 0.371. The third-order valence-corrected chi connectivity index (χ3v) is 9.03. The molecule has 2 aliphatic heterocycles. The molecule has 0 unspecified atom stereocenters. The average molecular weight is 691 g/mol. The molecule has 2 heterocycles. The number of hydrogen-bond acceptors (Lipinski definition) is 5. The van der Waals surface area contributed by atoms with E-state index < -0.39 is 86.5 Å². The van der Waals surface area contributed by atoms with Crippen molar-refractivity contribution >= 4 is 29.4 Å². The molecule has 0 radical (unpaired) electrons. The van der Waals surface area contributed by atoms with Gasteiger partial charge in [0.1, 0.15) is 0 Å². The van der Waals surface area contributed by atoms with E-state index in [4.69, 9.17) is 0 Å². The van der Waals surface area contributed by atoms with Crippen molar-refractivity contribution in [2.75, 3.05) is 4.90 Å². The Hall–Kier alpha value is -4.72. The molecule has 0 saturated heterocycles. The van der Waals surface area contributed by atoms with Crippen molar-refractivity contribution in [2.45, 2.75) is 83.4 Å². The number of benzene rings is 3. The highest BCUT2D eigenvalue weighted by atomic mass is 19.4. The Morgan fingerprint density at radius 2 is 1.22 bits per heavy atom. The van der Waals surface area contributed by atoms with Crippen LogP contribution in [0.25, 0.3) is 0 Å². The number of aromatic carboxylic acids is 1. The maximum Gasteiger partial charge on any atom is 0.411 e. The first-order valence-electron chi connectivity index (χ1n) is 15.0. The first-order chi connectivity index (χ1) is 22.3. The number of alkyl halides is 6. The normalized spacial score (nSPS) is 17.2. The summed E-state index contributed by atoms with van der Waals surface area (Å²) in [5, 5.41) is 20.5. The molecule has 0 spiro atoms. The number of imide groups is 1. The number of anilines is 1. The lowest BCUT2D eigenvalue weighted by Gasteiger charge is -2.38. The van der Waals surface area contributed by atoms with Crippen molar-refractivity contribution < 1.29 is 55.7 Å². The zero-order chi connectivity index (χ0) is 37.0. The number of carbonyl (C=O) groups is 4. The molecule has 0 fully saturated rings. The van der Waals surface area contributed by atoms with Crippen molar-refractivity contribution in [1.29, 1.82) is 0 Å². The molecule has 0 aliphatic carbocycles. The van der Waals surface area contributed by atoms with Crippen LogP contribution in [0.3, 0.4) is 0 Å². The van der Waals surface area contributed by atoms with E-state index in [1.165, 1.54) is 33.8 Å².